The zero-order valence-corrected chi connectivity index (χ0v) is 20.3. The number of Topliss-reactive ketones (excluding diaryl/α,β-unsaturated/α-hetero) is 1. The maximum absolute atomic E-state index is 13.6. The smallest absolute Gasteiger partial charge is 0.239 e. The SMILES string of the molecule is CC1(C)CC(=O)C2=C(C1)Nc1ccccc1N(CC(=O)NC1CC1)C2c1ccc(Cl)c(Cl)c1. The molecule has 7 heteroatoms. The van der Waals surface area contributed by atoms with Crippen molar-refractivity contribution in [2.45, 2.75) is 51.6 Å². The van der Waals surface area contributed by atoms with E-state index in [4.69, 9.17) is 23.2 Å². The number of para-hydroxylation sites is 2. The van der Waals surface area contributed by atoms with Gasteiger partial charge in [0.25, 0.3) is 0 Å². The first kappa shape index (κ1) is 22.3. The highest BCUT2D eigenvalue weighted by Crippen LogP contribution is 2.48. The molecule has 2 aliphatic carbocycles. The van der Waals surface area contributed by atoms with Gasteiger partial charge in [0.05, 0.1) is 34.0 Å². The first-order valence-electron chi connectivity index (χ1n) is 11.3. The molecule has 0 spiro atoms. The first-order chi connectivity index (χ1) is 15.7. The third-order valence-electron chi connectivity index (χ3n) is 6.52. The monoisotopic (exact) mass is 483 g/mol. The summed E-state index contributed by atoms with van der Waals surface area (Å²) in [4.78, 5) is 28.6. The second kappa shape index (κ2) is 8.37. The maximum Gasteiger partial charge on any atom is 0.239 e. The van der Waals surface area contributed by atoms with Crippen molar-refractivity contribution < 1.29 is 9.59 Å². The van der Waals surface area contributed by atoms with Crippen LogP contribution in [-0.2, 0) is 9.59 Å². The van der Waals surface area contributed by atoms with Crippen LogP contribution in [0.2, 0.25) is 10.0 Å². The Morgan fingerprint density at radius 3 is 2.61 bits per heavy atom. The average molecular weight is 484 g/mol. The van der Waals surface area contributed by atoms with Crippen molar-refractivity contribution in [3.8, 4) is 0 Å². The number of nitrogens with zero attached hydrogens (tertiary/aromatic N) is 1. The van der Waals surface area contributed by atoms with Crippen LogP contribution < -0.4 is 15.5 Å². The van der Waals surface area contributed by atoms with E-state index in [0.717, 1.165) is 41.9 Å². The average Bonchev–Trinajstić information content (AvgIpc) is 3.56. The standard InChI is InChI=1S/C26H27Cl2N3O2/c1-26(2)12-20-24(22(32)13-26)25(15-7-10-17(27)18(28)11-15)31(14-23(33)29-16-8-9-16)21-6-4-3-5-19(21)30-20/h3-7,10-11,16,25,30H,8-9,12-14H2,1-2H3,(H,29,33). The number of halogens is 2. The van der Waals surface area contributed by atoms with Gasteiger partial charge in [-0.15, -0.1) is 0 Å². The number of allylic oxidation sites excluding steroid dienone is 1. The highest BCUT2D eigenvalue weighted by atomic mass is 35.5. The van der Waals surface area contributed by atoms with Gasteiger partial charge in [0.15, 0.2) is 5.78 Å². The van der Waals surface area contributed by atoms with Gasteiger partial charge >= 0.3 is 0 Å². The van der Waals surface area contributed by atoms with Crippen molar-refractivity contribution in [1.29, 1.82) is 0 Å². The van der Waals surface area contributed by atoms with Crippen molar-refractivity contribution in [3.05, 3.63) is 69.3 Å². The Kier molecular flexibility index (Phi) is 5.66. The molecule has 2 aromatic carbocycles. The zero-order valence-electron chi connectivity index (χ0n) is 18.8. The van der Waals surface area contributed by atoms with Crippen LogP contribution in [0.15, 0.2) is 53.7 Å². The molecule has 1 atom stereocenters. The fourth-order valence-electron chi connectivity index (χ4n) is 4.91. The second-order valence-electron chi connectivity index (χ2n) is 10.0. The van der Waals surface area contributed by atoms with E-state index < -0.39 is 6.04 Å². The van der Waals surface area contributed by atoms with E-state index in [1.54, 1.807) is 6.07 Å². The number of anilines is 2. The van der Waals surface area contributed by atoms with Crippen LogP contribution in [0.5, 0.6) is 0 Å². The van der Waals surface area contributed by atoms with Crippen LogP contribution in [0.1, 0.15) is 51.1 Å². The minimum absolute atomic E-state index is 0.0509. The minimum atomic E-state index is -0.459. The lowest BCUT2D eigenvalue weighted by molar-refractivity contribution is -0.120. The molecule has 2 N–H and O–H groups in total. The van der Waals surface area contributed by atoms with Gasteiger partial charge in [-0.1, -0.05) is 55.2 Å². The van der Waals surface area contributed by atoms with Crippen LogP contribution in [0.25, 0.3) is 0 Å². The molecule has 1 fully saturated rings. The number of nitrogens with one attached hydrogen (secondary N) is 2. The summed E-state index contributed by atoms with van der Waals surface area (Å²) in [5, 5.41) is 7.53. The number of hydrogen-bond donors (Lipinski definition) is 2. The van der Waals surface area contributed by atoms with Gasteiger partial charge < -0.3 is 15.5 Å². The van der Waals surface area contributed by atoms with E-state index in [9.17, 15) is 9.59 Å². The van der Waals surface area contributed by atoms with E-state index in [-0.39, 0.29) is 29.7 Å². The van der Waals surface area contributed by atoms with Gasteiger partial charge in [-0.05, 0) is 54.5 Å². The summed E-state index contributed by atoms with van der Waals surface area (Å²) < 4.78 is 0. The predicted molar refractivity (Wildman–Crippen MR) is 133 cm³/mol. The summed E-state index contributed by atoms with van der Waals surface area (Å²) in [5.41, 5.74) is 4.05. The summed E-state index contributed by atoms with van der Waals surface area (Å²) in [6, 6.07) is 13.2. The van der Waals surface area contributed by atoms with Crippen LogP contribution in [0.3, 0.4) is 0 Å². The van der Waals surface area contributed by atoms with E-state index in [1.165, 1.54) is 0 Å². The van der Waals surface area contributed by atoms with E-state index >= 15 is 0 Å². The molecule has 5 nitrogen and oxygen atoms in total. The molecule has 1 unspecified atom stereocenters. The highest BCUT2D eigenvalue weighted by Gasteiger charge is 2.42. The lowest BCUT2D eigenvalue weighted by Gasteiger charge is -2.38. The number of rotatable bonds is 4. The molecule has 33 heavy (non-hydrogen) atoms. The van der Waals surface area contributed by atoms with Crippen molar-refractivity contribution in [2.24, 2.45) is 5.41 Å². The number of fused-ring (bicyclic) bond motifs is 1. The van der Waals surface area contributed by atoms with Gasteiger partial charge in [-0.25, -0.2) is 0 Å². The van der Waals surface area contributed by atoms with Gasteiger partial charge in [-0.2, -0.15) is 0 Å². The molecule has 0 saturated heterocycles. The molecule has 172 valence electrons. The van der Waals surface area contributed by atoms with Crippen molar-refractivity contribution >= 4 is 46.3 Å². The fraction of sp³-hybridized carbons (Fsp3) is 0.385. The van der Waals surface area contributed by atoms with Crippen LogP contribution in [0, 0.1) is 5.41 Å². The van der Waals surface area contributed by atoms with Gasteiger partial charge in [0.1, 0.15) is 0 Å². The summed E-state index contributed by atoms with van der Waals surface area (Å²) in [5.74, 6) is 0.0373. The van der Waals surface area contributed by atoms with Crippen molar-refractivity contribution in [2.75, 3.05) is 16.8 Å². The van der Waals surface area contributed by atoms with Gasteiger partial charge in [0.2, 0.25) is 5.91 Å². The maximum atomic E-state index is 13.6. The molecule has 2 aromatic rings. The third kappa shape index (κ3) is 4.49. The Hall–Kier alpha value is -2.50. The molecule has 0 bridgehead atoms. The third-order valence-corrected chi connectivity index (χ3v) is 7.26. The van der Waals surface area contributed by atoms with Gasteiger partial charge in [-0.3, -0.25) is 9.59 Å². The molecule has 1 amide bonds. The fourth-order valence-corrected chi connectivity index (χ4v) is 5.22. The molecule has 0 radical (unpaired) electrons. The Morgan fingerprint density at radius 2 is 1.88 bits per heavy atom. The molecular weight excluding hydrogens is 457 g/mol. The zero-order chi connectivity index (χ0) is 23.3. The van der Waals surface area contributed by atoms with Crippen molar-refractivity contribution in [3.63, 3.8) is 0 Å². The minimum Gasteiger partial charge on any atom is -0.357 e. The number of ketones is 1. The van der Waals surface area contributed by atoms with Crippen LogP contribution in [0.4, 0.5) is 11.4 Å². The Balaban J connectivity index is 1.69. The van der Waals surface area contributed by atoms with E-state index in [0.29, 0.717) is 22.0 Å². The molecule has 1 aliphatic heterocycles. The van der Waals surface area contributed by atoms with E-state index in [2.05, 4.69) is 24.5 Å². The molecule has 3 aliphatic rings. The lowest BCUT2D eigenvalue weighted by atomic mass is 9.73. The Morgan fingerprint density at radius 1 is 1.12 bits per heavy atom. The second-order valence-corrected chi connectivity index (χ2v) is 10.8. The van der Waals surface area contributed by atoms with Crippen LogP contribution in [-0.4, -0.2) is 24.3 Å². The van der Waals surface area contributed by atoms with E-state index in [1.807, 2.05) is 41.3 Å². The van der Waals surface area contributed by atoms with Gasteiger partial charge in [0, 0.05) is 23.7 Å². The highest BCUT2D eigenvalue weighted by molar-refractivity contribution is 6.42. The quantitative estimate of drug-likeness (QED) is 0.568. The number of carbonyl (C=O) groups is 2. The van der Waals surface area contributed by atoms with Crippen LogP contribution >= 0.6 is 23.2 Å². The number of benzene rings is 2. The number of carbonyl (C=O) groups excluding carboxylic acids is 2. The molecule has 1 saturated carbocycles. The number of hydrogen-bond acceptors (Lipinski definition) is 4. The molecule has 1 heterocycles. The predicted octanol–water partition coefficient (Wildman–Crippen LogP) is 5.89. The molecular formula is C26H27Cl2N3O2. The largest absolute Gasteiger partial charge is 0.357 e. The summed E-state index contributed by atoms with van der Waals surface area (Å²) in [6.45, 7) is 4.36. The summed E-state index contributed by atoms with van der Waals surface area (Å²) in [7, 11) is 0. The summed E-state index contributed by atoms with van der Waals surface area (Å²) >= 11 is 12.6. The molecule has 5 rings (SSSR count). The normalized spacial score (nSPS) is 21.6. The summed E-state index contributed by atoms with van der Waals surface area (Å²) in [6.07, 6.45) is 3.22. The lowest BCUT2D eigenvalue weighted by Crippen LogP contribution is -2.42. The topological polar surface area (TPSA) is 61.4 Å². The molecule has 0 aromatic heterocycles. The Labute approximate surface area is 204 Å². The number of amides is 1. The Bertz CT molecular complexity index is 1170. The first-order valence-corrected chi connectivity index (χ1v) is 12.1. The van der Waals surface area contributed by atoms with Crippen molar-refractivity contribution in [1.82, 2.24) is 5.32 Å².